The molecular weight excluding hydrogens is 268 g/mol. The molecule has 2 atom stereocenters. The van der Waals surface area contributed by atoms with Gasteiger partial charge < -0.3 is 5.32 Å². The zero-order valence-electron chi connectivity index (χ0n) is 12.7. The highest BCUT2D eigenvalue weighted by atomic mass is 19.1. The van der Waals surface area contributed by atoms with Crippen LogP contribution in [0.1, 0.15) is 36.6 Å². The van der Waals surface area contributed by atoms with E-state index in [1.807, 2.05) is 19.1 Å². The molecule has 2 aromatic carbocycles. The molecule has 2 unspecified atom stereocenters. The van der Waals surface area contributed by atoms with Crippen LogP contribution in [0.4, 0.5) is 8.78 Å². The minimum absolute atomic E-state index is 0.162. The summed E-state index contributed by atoms with van der Waals surface area (Å²) in [6.45, 7) is 6.06. The van der Waals surface area contributed by atoms with Crippen LogP contribution >= 0.6 is 0 Å². The number of halogens is 2. The van der Waals surface area contributed by atoms with Crippen molar-refractivity contribution in [2.75, 3.05) is 0 Å². The standard InChI is InChI=1S/C18H21F2N/c1-12-6-4-5-7-15(12)10-13(2)21-14(3)17-9-8-16(19)11-18(17)20/h4-9,11,13-14,21H,10H2,1-3H3. The molecule has 0 amide bonds. The Kier molecular flexibility index (Phi) is 5.07. The fraction of sp³-hybridized carbons (Fsp3) is 0.333. The third-order valence-electron chi connectivity index (χ3n) is 3.75. The smallest absolute Gasteiger partial charge is 0.130 e. The van der Waals surface area contributed by atoms with Crippen LogP contribution in [0.25, 0.3) is 0 Å². The summed E-state index contributed by atoms with van der Waals surface area (Å²) >= 11 is 0. The first kappa shape index (κ1) is 15.6. The van der Waals surface area contributed by atoms with Crippen LogP contribution in [0.2, 0.25) is 0 Å². The minimum atomic E-state index is -0.545. The summed E-state index contributed by atoms with van der Waals surface area (Å²) in [7, 11) is 0. The summed E-state index contributed by atoms with van der Waals surface area (Å²) in [5.41, 5.74) is 3.03. The van der Waals surface area contributed by atoms with Gasteiger partial charge in [-0.05, 0) is 44.4 Å². The Morgan fingerprint density at radius 2 is 1.76 bits per heavy atom. The molecule has 2 rings (SSSR count). The predicted molar refractivity (Wildman–Crippen MR) is 82.3 cm³/mol. The average Bonchev–Trinajstić information content (AvgIpc) is 2.41. The minimum Gasteiger partial charge on any atom is -0.307 e. The lowest BCUT2D eigenvalue weighted by Crippen LogP contribution is -2.31. The Morgan fingerprint density at radius 3 is 2.43 bits per heavy atom. The normalized spacial score (nSPS) is 14.0. The highest BCUT2D eigenvalue weighted by Crippen LogP contribution is 2.19. The largest absolute Gasteiger partial charge is 0.307 e. The molecule has 0 aromatic heterocycles. The number of aryl methyl sites for hydroxylation is 1. The Labute approximate surface area is 125 Å². The van der Waals surface area contributed by atoms with Crippen LogP contribution in [0.5, 0.6) is 0 Å². The summed E-state index contributed by atoms with van der Waals surface area (Å²) in [5.74, 6) is -1.05. The van der Waals surface area contributed by atoms with Crippen molar-refractivity contribution in [3.63, 3.8) is 0 Å². The molecule has 1 N–H and O–H groups in total. The Balaban J connectivity index is 2.02. The number of hydrogen-bond donors (Lipinski definition) is 1. The Hall–Kier alpha value is -1.74. The van der Waals surface area contributed by atoms with E-state index in [9.17, 15) is 8.78 Å². The molecule has 0 saturated carbocycles. The fourth-order valence-corrected chi connectivity index (χ4v) is 2.60. The van der Waals surface area contributed by atoms with Gasteiger partial charge >= 0.3 is 0 Å². The van der Waals surface area contributed by atoms with Gasteiger partial charge in [-0.15, -0.1) is 0 Å². The van der Waals surface area contributed by atoms with Crippen molar-refractivity contribution in [2.45, 2.75) is 39.3 Å². The van der Waals surface area contributed by atoms with Gasteiger partial charge in [-0.1, -0.05) is 30.3 Å². The summed E-state index contributed by atoms with van der Waals surface area (Å²) in [6.07, 6.45) is 0.875. The van der Waals surface area contributed by atoms with Crippen molar-refractivity contribution in [1.82, 2.24) is 5.32 Å². The maximum absolute atomic E-state index is 13.8. The molecule has 0 aliphatic rings. The highest BCUT2D eigenvalue weighted by Gasteiger charge is 2.14. The monoisotopic (exact) mass is 289 g/mol. The van der Waals surface area contributed by atoms with Gasteiger partial charge in [0.15, 0.2) is 0 Å². The van der Waals surface area contributed by atoms with Crippen LogP contribution in [-0.4, -0.2) is 6.04 Å². The van der Waals surface area contributed by atoms with Crippen molar-refractivity contribution in [3.8, 4) is 0 Å². The third-order valence-corrected chi connectivity index (χ3v) is 3.75. The van der Waals surface area contributed by atoms with E-state index in [2.05, 4.69) is 31.3 Å². The molecule has 0 aliphatic heterocycles. The van der Waals surface area contributed by atoms with E-state index >= 15 is 0 Å². The molecule has 0 spiro atoms. The number of nitrogens with one attached hydrogen (secondary N) is 1. The van der Waals surface area contributed by atoms with Crippen LogP contribution in [0, 0.1) is 18.6 Å². The zero-order chi connectivity index (χ0) is 15.4. The summed E-state index contributed by atoms with van der Waals surface area (Å²) in [6, 6.07) is 12.0. The van der Waals surface area contributed by atoms with Gasteiger partial charge in [0.05, 0.1) is 0 Å². The number of rotatable bonds is 5. The van der Waals surface area contributed by atoms with Crippen LogP contribution in [0.15, 0.2) is 42.5 Å². The molecule has 0 heterocycles. The lowest BCUT2D eigenvalue weighted by atomic mass is 10.0. The van der Waals surface area contributed by atoms with Crippen molar-refractivity contribution in [3.05, 3.63) is 70.8 Å². The molecule has 0 radical (unpaired) electrons. The molecule has 0 aliphatic carbocycles. The van der Waals surface area contributed by atoms with Crippen LogP contribution in [-0.2, 0) is 6.42 Å². The quantitative estimate of drug-likeness (QED) is 0.851. The summed E-state index contributed by atoms with van der Waals surface area (Å²) in [5, 5.41) is 3.37. The first-order valence-corrected chi connectivity index (χ1v) is 7.23. The van der Waals surface area contributed by atoms with Gasteiger partial charge in [0.1, 0.15) is 11.6 Å². The summed E-state index contributed by atoms with van der Waals surface area (Å²) < 4.78 is 26.7. The molecule has 112 valence electrons. The van der Waals surface area contributed by atoms with Crippen molar-refractivity contribution in [2.24, 2.45) is 0 Å². The Bertz CT molecular complexity index is 610. The fourth-order valence-electron chi connectivity index (χ4n) is 2.60. The predicted octanol–water partition coefficient (Wildman–Crippen LogP) is 4.56. The topological polar surface area (TPSA) is 12.0 Å². The molecule has 0 bridgehead atoms. The zero-order valence-corrected chi connectivity index (χ0v) is 12.7. The first-order valence-electron chi connectivity index (χ1n) is 7.23. The van der Waals surface area contributed by atoms with E-state index in [0.29, 0.717) is 5.56 Å². The van der Waals surface area contributed by atoms with Gasteiger partial charge in [0, 0.05) is 23.7 Å². The van der Waals surface area contributed by atoms with Gasteiger partial charge in [0.2, 0.25) is 0 Å². The van der Waals surface area contributed by atoms with E-state index in [0.717, 1.165) is 12.5 Å². The van der Waals surface area contributed by atoms with Crippen LogP contribution < -0.4 is 5.32 Å². The van der Waals surface area contributed by atoms with Gasteiger partial charge in [-0.2, -0.15) is 0 Å². The average molecular weight is 289 g/mol. The van der Waals surface area contributed by atoms with E-state index in [4.69, 9.17) is 0 Å². The molecule has 2 aromatic rings. The second-order valence-electron chi connectivity index (χ2n) is 5.59. The lowest BCUT2D eigenvalue weighted by Gasteiger charge is -2.21. The van der Waals surface area contributed by atoms with E-state index in [-0.39, 0.29) is 12.1 Å². The molecule has 0 saturated heterocycles. The second kappa shape index (κ2) is 6.81. The Morgan fingerprint density at radius 1 is 1.05 bits per heavy atom. The molecule has 0 fully saturated rings. The molecule has 21 heavy (non-hydrogen) atoms. The highest BCUT2D eigenvalue weighted by molar-refractivity contribution is 5.26. The lowest BCUT2D eigenvalue weighted by molar-refractivity contribution is 0.457. The van der Waals surface area contributed by atoms with Crippen LogP contribution in [0.3, 0.4) is 0 Å². The van der Waals surface area contributed by atoms with Crippen molar-refractivity contribution >= 4 is 0 Å². The van der Waals surface area contributed by atoms with Crippen molar-refractivity contribution < 1.29 is 8.78 Å². The van der Waals surface area contributed by atoms with E-state index in [1.165, 1.54) is 23.3 Å². The second-order valence-corrected chi connectivity index (χ2v) is 5.59. The SMILES string of the molecule is Cc1ccccc1CC(C)NC(C)c1ccc(F)cc1F. The first-order chi connectivity index (χ1) is 9.97. The molecular formula is C18H21F2N. The molecule has 3 heteroatoms. The maximum atomic E-state index is 13.8. The van der Waals surface area contributed by atoms with Gasteiger partial charge in [0.25, 0.3) is 0 Å². The summed E-state index contributed by atoms with van der Waals surface area (Å²) in [4.78, 5) is 0. The third kappa shape index (κ3) is 4.11. The number of hydrogen-bond acceptors (Lipinski definition) is 1. The molecule has 1 nitrogen and oxygen atoms in total. The van der Waals surface area contributed by atoms with Gasteiger partial charge in [-0.3, -0.25) is 0 Å². The van der Waals surface area contributed by atoms with Crippen molar-refractivity contribution in [1.29, 1.82) is 0 Å². The van der Waals surface area contributed by atoms with E-state index < -0.39 is 11.6 Å². The number of benzene rings is 2. The van der Waals surface area contributed by atoms with Gasteiger partial charge in [-0.25, -0.2) is 8.78 Å². The van der Waals surface area contributed by atoms with E-state index in [1.54, 1.807) is 0 Å². The maximum Gasteiger partial charge on any atom is 0.130 e.